The molecular weight excluding hydrogens is 329 g/mol. The van der Waals surface area contributed by atoms with E-state index in [1.807, 2.05) is 0 Å². The van der Waals surface area contributed by atoms with Crippen molar-refractivity contribution >= 4 is 11.6 Å². The lowest BCUT2D eigenvalue weighted by Crippen LogP contribution is -2.23. The van der Waals surface area contributed by atoms with Crippen molar-refractivity contribution in [1.82, 2.24) is 4.57 Å². The van der Waals surface area contributed by atoms with Crippen LogP contribution in [0.3, 0.4) is 0 Å². The minimum Gasteiger partial charge on any atom is -0.382 e. The molecule has 2 aromatic rings. The second-order valence-corrected chi connectivity index (χ2v) is 5.52. The maximum atomic E-state index is 13.6. The third kappa shape index (κ3) is 2.28. The predicted octanol–water partition coefficient (Wildman–Crippen LogP) is 4.37. The second kappa shape index (κ2) is 4.70. The Labute approximate surface area is 126 Å². The van der Waals surface area contributed by atoms with Gasteiger partial charge in [0.2, 0.25) is 0 Å². The Kier molecular flexibility index (Phi) is 3.27. The van der Waals surface area contributed by atoms with Crippen molar-refractivity contribution in [3.05, 3.63) is 52.3 Å². The highest BCUT2D eigenvalue weighted by molar-refractivity contribution is 6.30. The number of rotatable bonds is 1. The summed E-state index contributed by atoms with van der Waals surface area (Å²) in [5.74, 6) is -3.62. The molecule has 0 bridgehead atoms. The number of fused-ring (bicyclic) bond motifs is 1. The molecule has 2 nitrogen and oxygen atoms in total. The maximum absolute atomic E-state index is 13.6. The van der Waals surface area contributed by atoms with E-state index in [0.717, 1.165) is 10.8 Å². The van der Waals surface area contributed by atoms with E-state index in [4.69, 9.17) is 11.6 Å². The molecule has 1 aromatic heterocycles. The third-order valence-electron chi connectivity index (χ3n) is 3.64. The van der Waals surface area contributed by atoms with Crippen molar-refractivity contribution in [2.45, 2.75) is 24.6 Å². The molecule has 8 heteroatoms. The lowest BCUT2D eigenvalue weighted by molar-refractivity contribution is -0.142. The molecule has 1 unspecified atom stereocenters. The molecule has 1 heterocycles. The maximum Gasteiger partial charge on any atom is 0.418 e. The van der Waals surface area contributed by atoms with Crippen LogP contribution >= 0.6 is 11.6 Å². The molecule has 1 aliphatic rings. The molecule has 0 radical (unpaired) electrons. The lowest BCUT2D eigenvalue weighted by atomic mass is 10.1. The van der Waals surface area contributed by atoms with Gasteiger partial charge in [-0.1, -0.05) is 11.6 Å². The normalized spacial score (nSPS) is 20.2. The van der Waals surface area contributed by atoms with Crippen LogP contribution in [0.4, 0.5) is 22.0 Å². The zero-order chi connectivity index (χ0) is 16.3. The molecule has 1 atom stereocenters. The van der Waals surface area contributed by atoms with Gasteiger partial charge in [0, 0.05) is 28.2 Å². The van der Waals surface area contributed by atoms with Gasteiger partial charge < -0.3 is 9.67 Å². The van der Waals surface area contributed by atoms with Crippen molar-refractivity contribution in [3.63, 3.8) is 0 Å². The van der Waals surface area contributed by atoms with Crippen LogP contribution in [0.15, 0.2) is 30.5 Å². The SMILES string of the molecule is OC1c2c(C(F)(F)F)cn(-c3ccc(Cl)cc3)c2CC1(F)F. The van der Waals surface area contributed by atoms with Gasteiger partial charge in [-0.25, -0.2) is 8.78 Å². The van der Waals surface area contributed by atoms with E-state index in [0.29, 0.717) is 5.02 Å². The molecule has 118 valence electrons. The zero-order valence-electron chi connectivity index (χ0n) is 10.8. The Balaban J connectivity index is 2.22. The van der Waals surface area contributed by atoms with Crippen LogP contribution in [0.1, 0.15) is 22.9 Å². The average molecular weight is 338 g/mol. The van der Waals surface area contributed by atoms with Crippen molar-refractivity contribution in [2.24, 2.45) is 0 Å². The van der Waals surface area contributed by atoms with Crippen molar-refractivity contribution in [3.8, 4) is 5.69 Å². The largest absolute Gasteiger partial charge is 0.418 e. The summed E-state index contributed by atoms with van der Waals surface area (Å²) in [5, 5.41) is 9.94. The molecule has 0 spiro atoms. The average Bonchev–Trinajstić information content (AvgIpc) is 2.86. The molecule has 0 amide bonds. The first-order valence-corrected chi connectivity index (χ1v) is 6.62. The van der Waals surface area contributed by atoms with Crippen molar-refractivity contribution < 1.29 is 27.1 Å². The standard InChI is InChI=1S/C14H9ClF5NO/c15-7-1-3-8(4-2-7)21-6-9(14(18,19)20)11-10(21)5-13(16,17)12(11)22/h1-4,6,12,22H,5H2. The van der Waals surface area contributed by atoms with E-state index in [1.165, 1.54) is 24.3 Å². The number of halogens is 6. The van der Waals surface area contributed by atoms with E-state index in [9.17, 15) is 27.1 Å². The number of nitrogens with zero attached hydrogens (tertiary/aromatic N) is 1. The number of hydrogen-bond donors (Lipinski definition) is 1. The fourth-order valence-corrected chi connectivity index (χ4v) is 2.76. The summed E-state index contributed by atoms with van der Waals surface area (Å²) < 4.78 is 67.5. The minimum absolute atomic E-state index is 0.243. The second-order valence-electron chi connectivity index (χ2n) is 5.09. The van der Waals surface area contributed by atoms with Gasteiger partial charge >= 0.3 is 6.18 Å². The monoisotopic (exact) mass is 337 g/mol. The molecule has 3 rings (SSSR count). The van der Waals surface area contributed by atoms with E-state index >= 15 is 0 Å². The van der Waals surface area contributed by atoms with Crippen LogP contribution < -0.4 is 0 Å². The summed E-state index contributed by atoms with van der Waals surface area (Å²) in [6.45, 7) is 0. The molecule has 1 aliphatic carbocycles. The Morgan fingerprint density at radius 2 is 1.77 bits per heavy atom. The van der Waals surface area contributed by atoms with Gasteiger partial charge in [0.15, 0.2) is 0 Å². The van der Waals surface area contributed by atoms with Crippen LogP contribution in [0.2, 0.25) is 5.02 Å². The van der Waals surface area contributed by atoms with E-state index in [2.05, 4.69) is 0 Å². The van der Waals surface area contributed by atoms with E-state index in [1.54, 1.807) is 0 Å². The first kappa shape index (κ1) is 15.3. The molecule has 0 saturated carbocycles. The quantitative estimate of drug-likeness (QED) is 0.768. The summed E-state index contributed by atoms with van der Waals surface area (Å²) in [5.41, 5.74) is -1.98. The molecule has 0 aliphatic heterocycles. The van der Waals surface area contributed by atoms with Crippen LogP contribution in [0, 0.1) is 0 Å². The summed E-state index contributed by atoms with van der Waals surface area (Å²) >= 11 is 5.71. The first-order valence-electron chi connectivity index (χ1n) is 6.24. The van der Waals surface area contributed by atoms with Gasteiger partial charge in [0.25, 0.3) is 5.92 Å². The Bertz CT molecular complexity index is 720. The number of alkyl halides is 5. The van der Waals surface area contributed by atoms with E-state index < -0.39 is 35.8 Å². The van der Waals surface area contributed by atoms with Gasteiger partial charge in [-0.3, -0.25) is 0 Å². The third-order valence-corrected chi connectivity index (χ3v) is 3.89. The fourth-order valence-electron chi connectivity index (χ4n) is 2.64. The lowest BCUT2D eigenvalue weighted by Gasteiger charge is -2.16. The van der Waals surface area contributed by atoms with Gasteiger partial charge in [-0.05, 0) is 24.3 Å². The molecule has 1 N–H and O–H groups in total. The van der Waals surface area contributed by atoms with Gasteiger partial charge in [0.1, 0.15) is 6.10 Å². The van der Waals surface area contributed by atoms with Crippen molar-refractivity contribution in [2.75, 3.05) is 0 Å². The summed E-state index contributed by atoms with van der Waals surface area (Å²) in [4.78, 5) is 0. The molecule has 22 heavy (non-hydrogen) atoms. The molecular formula is C14H9ClF5NO. The Morgan fingerprint density at radius 3 is 2.32 bits per heavy atom. The highest BCUT2D eigenvalue weighted by atomic mass is 35.5. The highest BCUT2D eigenvalue weighted by Crippen LogP contribution is 2.49. The Hall–Kier alpha value is -1.60. The topological polar surface area (TPSA) is 25.2 Å². The van der Waals surface area contributed by atoms with Gasteiger partial charge in [-0.2, -0.15) is 13.2 Å². The summed E-state index contributed by atoms with van der Waals surface area (Å²) in [6.07, 6.45) is -7.52. The highest BCUT2D eigenvalue weighted by Gasteiger charge is 2.53. The fraction of sp³-hybridized carbons (Fsp3) is 0.286. The minimum atomic E-state index is -4.83. The van der Waals surface area contributed by atoms with Gasteiger partial charge in [-0.15, -0.1) is 0 Å². The predicted molar refractivity (Wildman–Crippen MR) is 69.4 cm³/mol. The van der Waals surface area contributed by atoms with Crippen molar-refractivity contribution in [1.29, 1.82) is 0 Å². The Morgan fingerprint density at radius 1 is 1.18 bits per heavy atom. The molecule has 1 aromatic carbocycles. The molecule has 0 fully saturated rings. The number of aromatic nitrogens is 1. The van der Waals surface area contributed by atoms with Crippen LogP contribution in [-0.4, -0.2) is 15.6 Å². The van der Waals surface area contributed by atoms with Gasteiger partial charge in [0.05, 0.1) is 12.0 Å². The zero-order valence-corrected chi connectivity index (χ0v) is 11.6. The van der Waals surface area contributed by atoms with E-state index in [-0.39, 0.29) is 11.4 Å². The number of aliphatic hydroxyl groups is 1. The smallest absolute Gasteiger partial charge is 0.382 e. The van der Waals surface area contributed by atoms with Crippen LogP contribution in [0.5, 0.6) is 0 Å². The number of hydrogen-bond acceptors (Lipinski definition) is 1. The summed E-state index contributed by atoms with van der Waals surface area (Å²) in [7, 11) is 0. The number of benzene rings is 1. The molecule has 0 saturated heterocycles. The summed E-state index contributed by atoms with van der Waals surface area (Å²) in [6, 6.07) is 5.73. The van der Waals surface area contributed by atoms with Crippen LogP contribution in [0.25, 0.3) is 5.69 Å². The first-order chi connectivity index (χ1) is 10.1. The van der Waals surface area contributed by atoms with Crippen LogP contribution in [-0.2, 0) is 12.6 Å². The number of aliphatic hydroxyl groups excluding tert-OH is 1.